The van der Waals surface area contributed by atoms with Crippen LogP contribution in [0.5, 0.6) is 11.5 Å². The molecule has 104 valence electrons. The first-order valence-electron chi connectivity index (χ1n) is 6.31. The lowest BCUT2D eigenvalue weighted by Gasteiger charge is -2.18. The Hall–Kier alpha value is -1.40. The quantitative estimate of drug-likeness (QED) is 0.273. The first-order valence-corrected chi connectivity index (χ1v) is 7.30. The van der Waals surface area contributed by atoms with Crippen molar-refractivity contribution in [3.05, 3.63) is 18.2 Å². The SMILES string of the molecule is NNC(=O)CCCCSc1ccc2c(c1)OCCO2. The van der Waals surface area contributed by atoms with E-state index in [-0.39, 0.29) is 5.91 Å². The molecule has 0 bridgehead atoms. The van der Waals surface area contributed by atoms with Crippen LogP contribution in [-0.2, 0) is 4.79 Å². The molecule has 0 spiro atoms. The van der Waals surface area contributed by atoms with Crippen LogP contribution in [0.1, 0.15) is 19.3 Å². The van der Waals surface area contributed by atoms with E-state index in [1.165, 1.54) is 0 Å². The molecule has 1 aliphatic heterocycles. The molecule has 3 N–H and O–H groups in total. The van der Waals surface area contributed by atoms with Gasteiger partial charge < -0.3 is 9.47 Å². The second kappa shape index (κ2) is 7.25. The summed E-state index contributed by atoms with van der Waals surface area (Å²) in [7, 11) is 0. The van der Waals surface area contributed by atoms with Crippen molar-refractivity contribution in [2.75, 3.05) is 19.0 Å². The van der Waals surface area contributed by atoms with E-state index in [1.807, 2.05) is 18.2 Å². The minimum Gasteiger partial charge on any atom is -0.486 e. The van der Waals surface area contributed by atoms with Crippen LogP contribution in [0.2, 0.25) is 0 Å². The van der Waals surface area contributed by atoms with E-state index in [0.717, 1.165) is 35.0 Å². The van der Waals surface area contributed by atoms with Crippen LogP contribution >= 0.6 is 11.8 Å². The third-order valence-electron chi connectivity index (χ3n) is 2.74. The highest BCUT2D eigenvalue weighted by Crippen LogP contribution is 2.34. The minimum absolute atomic E-state index is 0.107. The summed E-state index contributed by atoms with van der Waals surface area (Å²) in [5, 5.41) is 0. The summed E-state index contributed by atoms with van der Waals surface area (Å²) in [5.41, 5.74) is 2.13. The second-order valence-corrected chi connectivity index (χ2v) is 5.35. The zero-order valence-corrected chi connectivity index (χ0v) is 11.5. The van der Waals surface area contributed by atoms with Crippen molar-refractivity contribution < 1.29 is 14.3 Å². The van der Waals surface area contributed by atoms with E-state index in [1.54, 1.807) is 11.8 Å². The van der Waals surface area contributed by atoms with Gasteiger partial charge in [0, 0.05) is 11.3 Å². The summed E-state index contributed by atoms with van der Waals surface area (Å²) in [6, 6.07) is 5.98. The van der Waals surface area contributed by atoms with Gasteiger partial charge in [-0.25, -0.2) is 5.84 Å². The van der Waals surface area contributed by atoms with E-state index >= 15 is 0 Å². The summed E-state index contributed by atoms with van der Waals surface area (Å²) in [5.74, 6) is 7.51. The molecule has 1 amide bonds. The summed E-state index contributed by atoms with van der Waals surface area (Å²) in [4.78, 5) is 12.1. The number of hydrogen-bond donors (Lipinski definition) is 2. The molecule has 1 aliphatic rings. The smallest absolute Gasteiger partial charge is 0.233 e. The van der Waals surface area contributed by atoms with Crippen LogP contribution in [0.4, 0.5) is 0 Å². The molecule has 0 saturated carbocycles. The molecule has 0 aromatic heterocycles. The Morgan fingerprint density at radius 1 is 1.26 bits per heavy atom. The molecule has 0 atom stereocenters. The molecule has 1 aromatic rings. The molecular weight excluding hydrogens is 264 g/mol. The van der Waals surface area contributed by atoms with Gasteiger partial charge >= 0.3 is 0 Å². The van der Waals surface area contributed by atoms with Crippen LogP contribution in [-0.4, -0.2) is 24.9 Å². The zero-order valence-electron chi connectivity index (χ0n) is 10.7. The molecule has 5 nitrogen and oxygen atoms in total. The molecule has 1 aromatic carbocycles. The Bertz CT molecular complexity index is 440. The van der Waals surface area contributed by atoms with Crippen LogP contribution < -0.4 is 20.7 Å². The molecule has 19 heavy (non-hydrogen) atoms. The predicted octanol–water partition coefficient (Wildman–Crippen LogP) is 1.71. The number of amides is 1. The fourth-order valence-electron chi connectivity index (χ4n) is 1.76. The van der Waals surface area contributed by atoms with Gasteiger partial charge in [-0.15, -0.1) is 11.8 Å². The highest BCUT2D eigenvalue weighted by molar-refractivity contribution is 7.99. The summed E-state index contributed by atoms with van der Waals surface area (Å²) >= 11 is 1.75. The number of carbonyl (C=O) groups excluding carboxylic acids is 1. The number of carbonyl (C=O) groups is 1. The average molecular weight is 282 g/mol. The van der Waals surface area contributed by atoms with E-state index < -0.39 is 0 Å². The van der Waals surface area contributed by atoms with Gasteiger partial charge in [0.05, 0.1) is 0 Å². The Morgan fingerprint density at radius 3 is 2.84 bits per heavy atom. The van der Waals surface area contributed by atoms with E-state index in [9.17, 15) is 4.79 Å². The molecule has 0 saturated heterocycles. The summed E-state index contributed by atoms with van der Waals surface area (Å²) in [6.45, 7) is 1.22. The Morgan fingerprint density at radius 2 is 2.05 bits per heavy atom. The number of hydrazine groups is 1. The van der Waals surface area contributed by atoms with Gasteiger partial charge in [0.1, 0.15) is 13.2 Å². The number of nitrogens with one attached hydrogen (secondary N) is 1. The molecule has 0 radical (unpaired) electrons. The standard InChI is InChI=1S/C13H18N2O3S/c14-15-13(16)3-1-2-8-19-10-4-5-11-12(9-10)18-7-6-17-11/h4-5,9H,1-3,6-8,14H2,(H,15,16). The number of rotatable bonds is 6. The zero-order chi connectivity index (χ0) is 13.5. The van der Waals surface area contributed by atoms with Gasteiger partial charge in [0.15, 0.2) is 11.5 Å². The van der Waals surface area contributed by atoms with Gasteiger partial charge in [-0.2, -0.15) is 0 Å². The maximum absolute atomic E-state index is 10.9. The number of ether oxygens (including phenoxy) is 2. The third-order valence-corrected chi connectivity index (χ3v) is 3.82. The first-order chi connectivity index (χ1) is 9.29. The van der Waals surface area contributed by atoms with Crippen LogP contribution in [0.25, 0.3) is 0 Å². The highest BCUT2D eigenvalue weighted by Gasteiger charge is 2.11. The molecule has 1 heterocycles. The van der Waals surface area contributed by atoms with Crippen molar-refractivity contribution in [3.63, 3.8) is 0 Å². The van der Waals surface area contributed by atoms with Gasteiger partial charge in [0.25, 0.3) is 0 Å². The lowest BCUT2D eigenvalue weighted by molar-refractivity contribution is -0.121. The lowest BCUT2D eigenvalue weighted by Crippen LogP contribution is -2.29. The van der Waals surface area contributed by atoms with E-state index in [4.69, 9.17) is 15.3 Å². The number of fused-ring (bicyclic) bond motifs is 1. The Balaban J connectivity index is 1.72. The molecular formula is C13H18N2O3S. The Kier molecular flexibility index (Phi) is 5.35. The van der Waals surface area contributed by atoms with E-state index in [2.05, 4.69) is 5.43 Å². The average Bonchev–Trinajstić information content (AvgIpc) is 2.46. The van der Waals surface area contributed by atoms with Gasteiger partial charge in [-0.3, -0.25) is 10.2 Å². The molecule has 0 aliphatic carbocycles. The van der Waals surface area contributed by atoms with Crippen molar-refractivity contribution in [2.24, 2.45) is 5.84 Å². The second-order valence-electron chi connectivity index (χ2n) is 4.18. The Labute approximate surface area is 116 Å². The van der Waals surface area contributed by atoms with E-state index in [0.29, 0.717) is 19.6 Å². The van der Waals surface area contributed by atoms with Gasteiger partial charge in [-0.1, -0.05) is 0 Å². The fraction of sp³-hybridized carbons (Fsp3) is 0.462. The maximum atomic E-state index is 10.9. The molecule has 0 unspecified atom stereocenters. The summed E-state index contributed by atoms with van der Waals surface area (Å²) < 4.78 is 11.0. The van der Waals surface area contributed by atoms with Gasteiger partial charge in [-0.05, 0) is 36.8 Å². The number of thioether (sulfide) groups is 1. The lowest BCUT2D eigenvalue weighted by atomic mass is 10.2. The van der Waals surface area contributed by atoms with Crippen LogP contribution in [0.3, 0.4) is 0 Å². The number of unbranched alkanes of at least 4 members (excludes halogenated alkanes) is 1. The summed E-state index contributed by atoms with van der Waals surface area (Å²) in [6.07, 6.45) is 2.31. The van der Waals surface area contributed by atoms with Crippen molar-refractivity contribution in [2.45, 2.75) is 24.2 Å². The number of nitrogens with two attached hydrogens (primary N) is 1. The maximum Gasteiger partial charge on any atom is 0.233 e. The largest absolute Gasteiger partial charge is 0.486 e. The van der Waals surface area contributed by atoms with Crippen LogP contribution in [0.15, 0.2) is 23.1 Å². The molecule has 6 heteroatoms. The minimum atomic E-state index is -0.107. The third kappa shape index (κ3) is 4.33. The molecule has 0 fully saturated rings. The van der Waals surface area contributed by atoms with Crippen molar-refractivity contribution in [1.82, 2.24) is 5.43 Å². The van der Waals surface area contributed by atoms with Crippen molar-refractivity contribution in [3.8, 4) is 11.5 Å². The number of hydrogen-bond acceptors (Lipinski definition) is 5. The van der Waals surface area contributed by atoms with Crippen molar-refractivity contribution >= 4 is 17.7 Å². The van der Waals surface area contributed by atoms with Gasteiger partial charge in [0.2, 0.25) is 5.91 Å². The highest BCUT2D eigenvalue weighted by atomic mass is 32.2. The normalized spacial score (nSPS) is 13.1. The monoisotopic (exact) mass is 282 g/mol. The van der Waals surface area contributed by atoms with Crippen LogP contribution in [0, 0.1) is 0 Å². The molecule has 2 rings (SSSR count). The fourth-order valence-corrected chi connectivity index (χ4v) is 2.70. The topological polar surface area (TPSA) is 73.6 Å². The number of benzene rings is 1. The van der Waals surface area contributed by atoms with Crippen molar-refractivity contribution in [1.29, 1.82) is 0 Å². The first kappa shape index (κ1) is 14.0. The predicted molar refractivity (Wildman–Crippen MR) is 74.3 cm³/mol.